The maximum absolute atomic E-state index is 13.1. The molecule has 0 amide bonds. The Morgan fingerprint density at radius 3 is 2.84 bits per heavy atom. The summed E-state index contributed by atoms with van der Waals surface area (Å²) in [5.41, 5.74) is 4.87. The number of alkyl halides is 3. The molecule has 1 fully saturated rings. The number of sulfonamides is 1. The van der Waals surface area contributed by atoms with Crippen molar-refractivity contribution in [3.63, 3.8) is 0 Å². The number of nitrogen functional groups attached to an aromatic ring is 1. The molecule has 1 atom stereocenters. The molecule has 1 aliphatic heterocycles. The number of halogens is 3. The van der Waals surface area contributed by atoms with Gasteiger partial charge in [0, 0.05) is 31.4 Å². The number of aromatic nitrogens is 4. The van der Waals surface area contributed by atoms with Crippen LogP contribution in [0.5, 0.6) is 0 Å². The van der Waals surface area contributed by atoms with E-state index in [4.69, 9.17) is 5.73 Å². The monoisotopic (exact) mass is 475 g/mol. The van der Waals surface area contributed by atoms with E-state index in [1.165, 1.54) is 22.0 Å². The lowest BCUT2D eigenvalue weighted by molar-refractivity contribution is -0.137. The van der Waals surface area contributed by atoms with Gasteiger partial charge in [-0.2, -0.15) is 13.2 Å². The minimum atomic E-state index is -4.60. The highest BCUT2D eigenvalue weighted by Crippen LogP contribution is 2.35. The van der Waals surface area contributed by atoms with Crippen molar-refractivity contribution in [3.8, 4) is 11.3 Å². The van der Waals surface area contributed by atoms with Gasteiger partial charge in [-0.15, -0.1) is 5.10 Å². The van der Waals surface area contributed by atoms with Crippen LogP contribution in [0.4, 0.5) is 24.1 Å². The van der Waals surface area contributed by atoms with Gasteiger partial charge >= 0.3 is 6.18 Å². The first kappa shape index (κ1) is 21.8. The third-order valence-electron chi connectivity index (χ3n) is 4.98. The Labute approximate surface area is 180 Å². The summed E-state index contributed by atoms with van der Waals surface area (Å²) in [4.78, 5) is 10.6. The second kappa shape index (κ2) is 7.91. The average Bonchev–Trinajstić information content (AvgIpc) is 3.25. The van der Waals surface area contributed by atoms with Crippen LogP contribution in [-0.2, 0) is 16.2 Å². The molecular weight excluding hydrogens is 455 g/mol. The van der Waals surface area contributed by atoms with E-state index in [1.54, 1.807) is 6.20 Å². The van der Waals surface area contributed by atoms with Crippen LogP contribution in [0, 0.1) is 5.92 Å². The molecule has 3 N–H and O–H groups in total. The summed E-state index contributed by atoms with van der Waals surface area (Å²) in [7, 11) is -3.24. The molecule has 0 bridgehead atoms. The molecule has 0 saturated carbocycles. The van der Waals surface area contributed by atoms with E-state index in [9.17, 15) is 21.6 Å². The molecule has 168 valence electrons. The first-order valence-electron chi connectivity index (χ1n) is 9.38. The fraction of sp³-hybridized carbons (Fsp3) is 0.471. The molecule has 0 aromatic carbocycles. The molecule has 0 radical (unpaired) electrons. The molecule has 3 aromatic heterocycles. The van der Waals surface area contributed by atoms with Crippen molar-refractivity contribution in [1.82, 2.24) is 24.3 Å². The van der Waals surface area contributed by atoms with Crippen LogP contribution in [-0.4, -0.2) is 53.9 Å². The van der Waals surface area contributed by atoms with Crippen LogP contribution in [0.2, 0.25) is 0 Å². The van der Waals surface area contributed by atoms with Crippen LogP contribution < -0.4 is 15.4 Å². The van der Waals surface area contributed by atoms with Gasteiger partial charge < -0.3 is 10.6 Å². The second-order valence-corrected chi connectivity index (χ2v) is 10.2. The van der Waals surface area contributed by atoms with Gasteiger partial charge in [-0.25, -0.2) is 27.6 Å². The number of rotatable bonds is 5. The van der Waals surface area contributed by atoms with Gasteiger partial charge in [0.1, 0.15) is 5.82 Å². The Hall–Kier alpha value is -2.45. The molecule has 1 aliphatic rings. The fourth-order valence-electron chi connectivity index (χ4n) is 3.47. The summed E-state index contributed by atoms with van der Waals surface area (Å²) in [5.74, 6) is -0.417. The van der Waals surface area contributed by atoms with Gasteiger partial charge in [-0.05, 0) is 24.8 Å². The molecule has 4 rings (SSSR count). The van der Waals surface area contributed by atoms with E-state index in [-0.39, 0.29) is 11.5 Å². The maximum atomic E-state index is 13.1. The highest BCUT2D eigenvalue weighted by Gasteiger charge is 2.34. The minimum Gasteiger partial charge on any atom is -0.383 e. The van der Waals surface area contributed by atoms with Crippen molar-refractivity contribution in [2.45, 2.75) is 19.0 Å². The van der Waals surface area contributed by atoms with Gasteiger partial charge in [0.25, 0.3) is 0 Å². The SMILES string of the molecule is CS(=O)(=O)NCC1CCCN(c2nn3cc(-c4cnc(N)c(C(F)(F)F)c4)nc3s2)C1. The highest BCUT2D eigenvalue weighted by atomic mass is 32.2. The molecule has 31 heavy (non-hydrogen) atoms. The normalized spacial score (nSPS) is 18.1. The lowest BCUT2D eigenvalue weighted by Crippen LogP contribution is -2.40. The van der Waals surface area contributed by atoms with Crippen LogP contribution >= 0.6 is 11.3 Å². The van der Waals surface area contributed by atoms with Gasteiger partial charge in [0.05, 0.1) is 23.7 Å². The first-order valence-corrected chi connectivity index (χ1v) is 12.1. The molecule has 9 nitrogen and oxygen atoms in total. The zero-order chi connectivity index (χ0) is 22.4. The molecule has 3 aromatic rings. The first-order chi connectivity index (χ1) is 14.5. The molecule has 0 aliphatic carbocycles. The van der Waals surface area contributed by atoms with Crippen LogP contribution in [0.15, 0.2) is 18.5 Å². The van der Waals surface area contributed by atoms with Crippen molar-refractivity contribution in [3.05, 3.63) is 24.0 Å². The van der Waals surface area contributed by atoms with Gasteiger partial charge in [0.15, 0.2) is 0 Å². The fourth-order valence-corrected chi connectivity index (χ4v) is 4.93. The Bertz CT molecular complexity index is 1170. The Balaban J connectivity index is 1.53. The number of pyridine rings is 1. The molecule has 4 heterocycles. The third kappa shape index (κ3) is 4.91. The number of nitrogens with zero attached hydrogens (tertiary/aromatic N) is 5. The van der Waals surface area contributed by atoms with E-state index in [0.717, 1.165) is 36.8 Å². The van der Waals surface area contributed by atoms with Crippen molar-refractivity contribution in [2.75, 3.05) is 36.5 Å². The number of nitrogens with two attached hydrogens (primary N) is 1. The number of piperidine rings is 1. The summed E-state index contributed by atoms with van der Waals surface area (Å²) in [6.45, 7) is 1.81. The average molecular weight is 476 g/mol. The molecule has 1 saturated heterocycles. The summed E-state index contributed by atoms with van der Waals surface area (Å²) in [6.07, 6.45) is 1.15. The van der Waals surface area contributed by atoms with Gasteiger partial charge in [-0.3, -0.25) is 0 Å². The quantitative estimate of drug-likeness (QED) is 0.581. The van der Waals surface area contributed by atoms with Gasteiger partial charge in [0.2, 0.25) is 20.1 Å². The highest BCUT2D eigenvalue weighted by molar-refractivity contribution is 7.88. The van der Waals surface area contributed by atoms with Crippen LogP contribution in [0.3, 0.4) is 0 Å². The van der Waals surface area contributed by atoms with E-state index in [2.05, 4.69) is 24.7 Å². The van der Waals surface area contributed by atoms with Crippen molar-refractivity contribution in [2.24, 2.45) is 5.92 Å². The van der Waals surface area contributed by atoms with Gasteiger partial charge in [-0.1, -0.05) is 11.3 Å². The number of fused-ring (bicyclic) bond motifs is 1. The maximum Gasteiger partial charge on any atom is 0.419 e. The third-order valence-corrected chi connectivity index (χ3v) is 6.65. The number of nitrogens with one attached hydrogen (secondary N) is 1. The Kier molecular flexibility index (Phi) is 5.55. The minimum absolute atomic E-state index is 0.164. The summed E-state index contributed by atoms with van der Waals surface area (Å²) in [6, 6.07) is 0.930. The number of hydrogen-bond acceptors (Lipinski definition) is 8. The number of imidazole rings is 1. The molecule has 1 unspecified atom stereocenters. The Morgan fingerprint density at radius 2 is 2.16 bits per heavy atom. The largest absolute Gasteiger partial charge is 0.419 e. The standard InChI is InChI=1S/C17H20F3N7O2S2/c1-31(28,29)23-6-10-3-2-4-26(8-10)16-25-27-9-13(24-15(27)30-16)11-5-12(17(18,19)20)14(21)22-7-11/h5,7,9-10,23H,2-4,6,8H2,1H3,(H2,21,22). The van der Waals surface area contributed by atoms with Crippen molar-refractivity contribution >= 4 is 37.3 Å². The lowest BCUT2D eigenvalue weighted by atomic mass is 9.99. The van der Waals surface area contributed by atoms with Crippen LogP contribution in [0.25, 0.3) is 16.2 Å². The zero-order valence-corrected chi connectivity index (χ0v) is 18.1. The van der Waals surface area contributed by atoms with E-state index in [1.807, 2.05) is 0 Å². The lowest BCUT2D eigenvalue weighted by Gasteiger charge is -2.32. The predicted molar refractivity (Wildman–Crippen MR) is 111 cm³/mol. The van der Waals surface area contributed by atoms with Crippen molar-refractivity contribution < 1.29 is 21.6 Å². The molecule has 14 heteroatoms. The zero-order valence-electron chi connectivity index (χ0n) is 16.4. The molecular formula is C17H20F3N7O2S2. The van der Waals surface area contributed by atoms with E-state index < -0.39 is 27.6 Å². The summed E-state index contributed by atoms with van der Waals surface area (Å²) in [5, 5.41) is 5.23. The van der Waals surface area contributed by atoms with E-state index >= 15 is 0 Å². The smallest absolute Gasteiger partial charge is 0.383 e. The Morgan fingerprint density at radius 1 is 1.39 bits per heavy atom. The number of hydrogen-bond donors (Lipinski definition) is 2. The number of anilines is 2. The molecule has 0 spiro atoms. The topological polar surface area (TPSA) is 119 Å². The summed E-state index contributed by atoms with van der Waals surface area (Å²) >= 11 is 1.32. The predicted octanol–water partition coefficient (Wildman–Crippen LogP) is 2.22. The van der Waals surface area contributed by atoms with E-state index in [0.29, 0.717) is 23.7 Å². The van der Waals surface area contributed by atoms with Crippen molar-refractivity contribution in [1.29, 1.82) is 0 Å². The summed E-state index contributed by atoms with van der Waals surface area (Å²) < 4.78 is 66.0. The van der Waals surface area contributed by atoms with Crippen LogP contribution in [0.1, 0.15) is 18.4 Å². The second-order valence-electron chi connectivity index (χ2n) is 7.47.